The summed E-state index contributed by atoms with van der Waals surface area (Å²) in [6.07, 6.45) is 1.55. The normalized spacial score (nSPS) is 13.9. The molecule has 0 bridgehead atoms. The van der Waals surface area contributed by atoms with Gasteiger partial charge in [-0.15, -0.1) is 24.0 Å². The van der Waals surface area contributed by atoms with Crippen LogP contribution in [0.4, 0.5) is 0 Å². The van der Waals surface area contributed by atoms with Crippen LogP contribution in [0.2, 0.25) is 0 Å². The molecule has 0 radical (unpaired) electrons. The molecule has 0 aliphatic rings. The van der Waals surface area contributed by atoms with Crippen molar-refractivity contribution in [3.8, 4) is 0 Å². The predicted octanol–water partition coefficient (Wildman–Crippen LogP) is 3.95. The van der Waals surface area contributed by atoms with E-state index in [4.69, 9.17) is 8.83 Å². The lowest BCUT2D eigenvalue weighted by atomic mass is 10.0. The van der Waals surface area contributed by atoms with Gasteiger partial charge < -0.3 is 24.2 Å². The van der Waals surface area contributed by atoms with Crippen LogP contribution in [-0.2, 0) is 12.1 Å². The van der Waals surface area contributed by atoms with Crippen LogP contribution in [0.25, 0.3) is 11.0 Å². The summed E-state index contributed by atoms with van der Waals surface area (Å²) >= 11 is 0. The molecule has 1 unspecified atom stereocenters. The lowest BCUT2D eigenvalue weighted by molar-refractivity contribution is 0.0435. The van der Waals surface area contributed by atoms with E-state index >= 15 is 0 Å². The minimum absolute atomic E-state index is 0. The molecule has 0 amide bonds. The van der Waals surface area contributed by atoms with Crippen molar-refractivity contribution < 1.29 is 13.9 Å². The number of fused-ring (bicyclic) bond motifs is 1. The number of benzene rings is 1. The van der Waals surface area contributed by atoms with E-state index in [0.717, 1.165) is 23.3 Å². The highest BCUT2D eigenvalue weighted by Gasteiger charge is 2.26. The third-order valence-corrected chi connectivity index (χ3v) is 4.15. The summed E-state index contributed by atoms with van der Waals surface area (Å²) < 4.78 is 11.2. The van der Waals surface area contributed by atoms with Crippen molar-refractivity contribution >= 4 is 40.9 Å². The topological polar surface area (TPSA) is 74.1 Å². The minimum Gasteiger partial charge on any atom is -0.466 e. The van der Waals surface area contributed by atoms with Gasteiger partial charge >= 0.3 is 0 Å². The van der Waals surface area contributed by atoms with Crippen molar-refractivity contribution in [2.75, 3.05) is 20.1 Å². The Kier molecular flexibility index (Phi) is 7.32. The molecule has 0 saturated heterocycles. The molecular weight excluding hydrogens is 457 g/mol. The van der Waals surface area contributed by atoms with E-state index in [1.165, 1.54) is 0 Å². The van der Waals surface area contributed by atoms with E-state index in [0.29, 0.717) is 18.3 Å². The molecule has 3 aromatic rings. The molecule has 2 aromatic heterocycles. The van der Waals surface area contributed by atoms with E-state index in [1.807, 2.05) is 49.2 Å². The Labute approximate surface area is 176 Å². The third-order valence-electron chi connectivity index (χ3n) is 4.15. The first-order chi connectivity index (χ1) is 12.5. The number of guanidine groups is 1. The molecule has 6 nitrogen and oxygen atoms in total. The van der Waals surface area contributed by atoms with E-state index in [9.17, 15) is 5.11 Å². The molecule has 146 valence electrons. The smallest absolute Gasteiger partial charge is 0.194 e. The third kappa shape index (κ3) is 5.26. The molecule has 3 rings (SSSR count). The maximum atomic E-state index is 10.6. The summed E-state index contributed by atoms with van der Waals surface area (Å²) in [6.45, 7) is 5.19. The summed E-state index contributed by atoms with van der Waals surface area (Å²) in [5.74, 6) is 2.05. The summed E-state index contributed by atoms with van der Waals surface area (Å²) in [4.78, 5) is 6.54. The fourth-order valence-electron chi connectivity index (χ4n) is 2.78. The molecule has 0 spiro atoms. The molecule has 27 heavy (non-hydrogen) atoms. The first kappa shape index (κ1) is 21.3. The van der Waals surface area contributed by atoms with Gasteiger partial charge in [0.25, 0.3) is 0 Å². The number of rotatable bonds is 6. The van der Waals surface area contributed by atoms with Crippen molar-refractivity contribution in [3.05, 3.63) is 60.2 Å². The number of furan rings is 2. The summed E-state index contributed by atoms with van der Waals surface area (Å²) in [6, 6.07) is 13.5. The average molecular weight is 483 g/mol. The van der Waals surface area contributed by atoms with Gasteiger partial charge in [-0.3, -0.25) is 0 Å². The maximum absolute atomic E-state index is 10.6. The Morgan fingerprint density at radius 2 is 2.04 bits per heavy atom. The first-order valence-electron chi connectivity index (χ1n) is 8.73. The maximum Gasteiger partial charge on any atom is 0.194 e. The molecular formula is C20H26IN3O3. The highest BCUT2D eigenvalue weighted by molar-refractivity contribution is 14.0. The fourth-order valence-corrected chi connectivity index (χ4v) is 2.78. The van der Waals surface area contributed by atoms with Crippen molar-refractivity contribution in [2.24, 2.45) is 4.99 Å². The van der Waals surface area contributed by atoms with Crippen LogP contribution < -0.4 is 5.32 Å². The highest BCUT2D eigenvalue weighted by atomic mass is 127. The van der Waals surface area contributed by atoms with Gasteiger partial charge in [0.2, 0.25) is 0 Å². The van der Waals surface area contributed by atoms with Gasteiger partial charge in [0, 0.05) is 19.0 Å². The van der Waals surface area contributed by atoms with Gasteiger partial charge in [-0.05, 0) is 38.1 Å². The van der Waals surface area contributed by atoms with Gasteiger partial charge in [-0.1, -0.05) is 18.2 Å². The Morgan fingerprint density at radius 3 is 2.70 bits per heavy atom. The van der Waals surface area contributed by atoms with Crippen LogP contribution in [0.5, 0.6) is 0 Å². The summed E-state index contributed by atoms with van der Waals surface area (Å²) in [5, 5.41) is 14.9. The van der Waals surface area contributed by atoms with Crippen LogP contribution in [0.1, 0.15) is 25.4 Å². The van der Waals surface area contributed by atoms with Gasteiger partial charge in [-0.25, -0.2) is 4.99 Å². The van der Waals surface area contributed by atoms with E-state index in [-0.39, 0.29) is 30.5 Å². The first-order valence-corrected chi connectivity index (χ1v) is 8.73. The molecule has 0 aliphatic carbocycles. The molecule has 7 heteroatoms. The Balaban J connectivity index is 0.00000261. The van der Waals surface area contributed by atoms with Crippen molar-refractivity contribution in [1.29, 1.82) is 0 Å². The van der Waals surface area contributed by atoms with E-state index in [2.05, 4.69) is 10.3 Å². The van der Waals surface area contributed by atoms with E-state index in [1.54, 1.807) is 25.3 Å². The number of nitrogens with zero attached hydrogens (tertiary/aromatic N) is 2. The quantitative estimate of drug-likeness (QED) is 0.316. The molecule has 0 fully saturated rings. The lowest BCUT2D eigenvalue weighted by Gasteiger charge is -2.23. The zero-order valence-corrected chi connectivity index (χ0v) is 18.1. The van der Waals surface area contributed by atoms with Crippen LogP contribution >= 0.6 is 24.0 Å². The molecule has 1 aromatic carbocycles. The Hall–Kier alpha value is -2.00. The second-order valence-electron chi connectivity index (χ2n) is 6.53. The SMILES string of the molecule is CCNC(=NCC(C)(O)c1ccco1)N(C)Cc1cc2ccccc2o1.I. The number of halogens is 1. The number of aliphatic hydroxyl groups is 1. The largest absolute Gasteiger partial charge is 0.466 e. The van der Waals surface area contributed by atoms with Gasteiger partial charge in [0.05, 0.1) is 19.4 Å². The number of nitrogens with one attached hydrogen (secondary N) is 1. The van der Waals surface area contributed by atoms with E-state index < -0.39 is 5.60 Å². The molecule has 2 heterocycles. The van der Waals surface area contributed by atoms with Crippen molar-refractivity contribution in [2.45, 2.75) is 26.0 Å². The number of para-hydroxylation sites is 1. The Bertz CT molecular complexity index is 839. The van der Waals surface area contributed by atoms with Crippen LogP contribution in [0, 0.1) is 0 Å². The number of hydrogen-bond acceptors (Lipinski definition) is 4. The van der Waals surface area contributed by atoms with Crippen molar-refractivity contribution in [1.82, 2.24) is 10.2 Å². The van der Waals surface area contributed by atoms with Crippen LogP contribution in [0.3, 0.4) is 0 Å². The second kappa shape index (κ2) is 9.27. The minimum atomic E-state index is -1.16. The number of aliphatic imine (C=N–C) groups is 1. The fraction of sp³-hybridized carbons (Fsp3) is 0.350. The number of hydrogen-bond donors (Lipinski definition) is 2. The molecule has 0 aliphatic heterocycles. The zero-order chi connectivity index (χ0) is 18.6. The van der Waals surface area contributed by atoms with Crippen LogP contribution in [0.15, 0.2) is 62.6 Å². The van der Waals surface area contributed by atoms with Gasteiger partial charge in [-0.2, -0.15) is 0 Å². The predicted molar refractivity (Wildman–Crippen MR) is 117 cm³/mol. The monoisotopic (exact) mass is 483 g/mol. The molecule has 1 atom stereocenters. The second-order valence-corrected chi connectivity index (χ2v) is 6.53. The molecule has 2 N–H and O–H groups in total. The van der Waals surface area contributed by atoms with Crippen molar-refractivity contribution in [3.63, 3.8) is 0 Å². The molecule has 0 saturated carbocycles. The summed E-state index contributed by atoms with van der Waals surface area (Å²) in [7, 11) is 1.94. The zero-order valence-electron chi connectivity index (χ0n) is 15.8. The Morgan fingerprint density at radius 1 is 1.26 bits per heavy atom. The van der Waals surface area contributed by atoms with Gasteiger partial charge in [0.15, 0.2) is 5.96 Å². The highest BCUT2D eigenvalue weighted by Crippen LogP contribution is 2.22. The lowest BCUT2D eigenvalue weighted by Crippen LogP contribution is -2.39. The average Bonchev–Trinajstić information content (AvgIpc) is 3.27. The standard InChI is InChI=1S/C20H25N3O3.HI/c1-4-21-19(22-14-20(2,24)18-10-7-11-25-18)23(3)13-16-12-15-8-5-6-9-17(15)26-16;/h5-12,24H,4,13-14H2,1-3H3,(H,21,22);1H. The van der Waals surface area contributed by atoms with Crippen LogP contribution in [-0.4, -0.2) is 36.1 Å². The van der Waals surface area contributed by atoms with Gasteiger partial charge in [0.1, 0.15) is 22.7 Å². The summed E-state index contributed by atoms with van der Waals surface area (Å²) in [5.41, 5.74) is -0.289.